The van der Waals surface area contributed by atoms with Crippen LogP contribution in [0.1, 0.15) is 5.56 Å². The standard InChI is InChI=1S/C7H9N2/c8-7(9)6-4-2-1-3-5-6/h1-5H,8-9H2. The Kier molecular flexibility index (Phi) is 1.82. The van der Waals surface area contributed by atoms with Crippen molar-refractivity contribution in [3.05, 3.63) is 42.1 Å². The second-order valence-corrected chi connectivity index (χ2v) is 1.82. The Morgan fingerprint density at radius 1 is 1.00 bits per heavy atom. The molecular formula is C7H9N2. The minimum absolute atomic E-state index is 0.371. The minimum Gasteiger partial charge on any atom is -0.307 e. The molecule has 0 bridgehead atoms. The molecule has 1 radical (unpaired) electrons. The SMILES string of the molecule is N[C](N)c1ccccc1. The first kappa shape index (κ1) is 6.26. The summed E-state index contributed by atoms with van der Waals surface area (Å²) in [5.41, 5.74) is 11.5. The van der Waals surface area contributed by atoms with Crippen LogP contribution in [-0.2, 0) is 0 Å². The molecule has 0 aliphatic heterocycles. The Morgan fingerprint density at radius 2 is 1.56 bits per heavy atom. The Morgan fingerprint density at radius 3 is 1.89 bits per heavy atom. The van der Waals surface area contributed by atoms with Crippen molar-refractivity contribution in [1.82, 2.24) is 0 Å². The Hall–Kier alpha value is -0.860. The lowest BCUT2D eigenvalue weighted by molar-refractivity contribution is 1.04. The smallest absolute Gasteiger partial charge is 0.126 e. The third kappa shape index (κ3) is 1.52. The average molecular weight is 121 g/mol. The molecule has 9 heavy (non-hydrogen) atoms. The van der Waals surface area contributed by atoms with Crippen LogP contribution < -0.4 is 11.5 Å². The van der Waals surface area contributed by atoms with Crippen molar-refractivity contribution in [2.24, 2.45) is 11.5 Å². The summed E-state index contributed by atoms with van der Waals surface area (Å²) < 4.78 is 0. The zero-order valence-electron chi connectivity index (χ0n) is 5.04. The summed E-state index contributed by atoms with van der Waals surface area (Å²) in [5.74, 6) is 0. The predicted octanol–water partition coefficient (Wildman–Crippen LogP) is 0.442. The van der Waals surface area contributed by atoms with Gasteiger partial charge in [0.05, 0.1) is 0 Å². The van der Waals surface area contributed by atoms with Crippen LogP contribution in [-0.4, -0.2) is 0 Å². The van der Waals surface area contributed by atoms with Gasteiger partial charge in [0.25, 0.3) is 0 Å². The van der Waals surface area contributed by atoms with Gasteiger partial charge in [0.1, 0.15) is 6.17 Å². The van der Waals surface area contributed by atoms with Gasteiger partial charge in [-0.2, -0.15) is 0 Å². The largest absolute Gasteiger partial charge is 0.307 e. The molecule has 2 heteroatoms. The van der Waals surface area contributed by atoms with E-state index in [1.165, 1.54) is 0 Å². The third-order valence-corrected chi connectivity index (χ3v) is 1.11. The van der Waals surface area contributed by atoms with Crippen molar-refractivity contribution < 1.29 is 0 Å². The minimum atomic E-state index is 0.371. The molecule has 0 saturated heterocycles. The fraction of sp³-hybridized carbons (Fsp3) is 0. The van der Waals surface area contributed by atoms with Gasteiger partial charge in [-0.3, -0.25) is 0 Å². The third-order valence-electron chi connectivity index (χ3n) is 1.11. The molecule has 2 nitrogen and oxygen atoms in total. The van der Waals surface area contributed by atoms with Crippen LogP contribution in [0.4, 0.5) is 0 Å². The molecule has 4 N–H and O–H groups in total. The van der Waals surface area contributed by atoms with E-state index in [1.807, 2.05) is 30.3 Å². The van der Waals surface area contributed by atoms with E-state index in [9.17, 15) is 0 Å². The zero-order chi connectivity index (χ0) is 6.69. The number of benzene rings is 1. The van der Waals surface area contributed by atoms with Crippen molar-refractivity contribution in [3.8, 4) is 0 Å². The van der Waals surface area contributed by atoms with E-state index >= 15 is 0 Å². The van der Waals surface area contributed by atoms with Crippen LogP contribution in [0.25, 0.3) is 0 Å². The number of nitrogens with two attached hydrogens (primary N) is 2. The Bertz CT molecular complexity index is 170. The summed E-state index contributed by atoms with van der Waals surface area (Å²) in [5, 5.41) is 0. The van der Waals surface area contributed by atoms with Crippen LogP contribution >= 0.6 is 0 Å². The highest BCUT2D eigenvalue weighted by Crippen LogP contribution is 2.01. The molecule has 0 atom stereocenters. The van der Waals surface area contributed by atoms with Crippen LogP contribution in [0.3, 0.4) is 0 Å². The summed E-state index contributed by atoms with van der Waals surface area (Å²) in [6.07, 6.45) is 0.371. The van der Waals surface area contributed by atoms with E-state index in [0.717, 1.165) is 5.56 Å². The van der Waals surface area contributed by atoms with Crippen molar-refractivity contribution in [2.75, 3.05) is 0 Å². The molecule has 0 saturated carbocycles. The van der Waals surface area contributed by atoms with Gasteiger partial charge in [0.2, 0.25) is 0 Å². The molecule has 0 spiro atoms. The first-order valence-electron chi connectivity index (χ1n) is 2.74. The number of hydrogen-bond donors (Lipinski definition) is 2. The fourth-order valence-electron chi connectivity index (χ4n) is 0.631. The van der Waals surface area contributed by atoms with Gasteiger partial charge in [-0.25, -0.2) is 0 Å². The maximum atomic E-state index is 5.31. The molecular weight excluding hydrogens is 112 g/mol. The van der Waals surface area contributed by atoms with Crippen LogP contribution in [0.5, 0.6) is 0 Å². The normalized spacial score (nSPS) is 10.1. The van der Waals surface area contributed by atoms with Gasteiger partial charge in [0, 0.05) is 0 Å². The van der Waals surface area contributed by atoms with Crippen molar-refractivity contribution >= 4 is 0 Å². The number of rotatable bonds is 1. The molecule has 0 aromatic heterocycles. The monoisotopic (exact) mass is 121 g/mol. The lowest BCUT2D eigenvalue weighted by Crippen LogP contribution is -2.20. The Balaban J connectivity index is 2.85. The maximum Gasteiger partial charge on any atom is 0.126 e. The molecule has 1 aromatic carbocycles. The molecule has 47 valence electrons. The van der Waals surface area contributed by atoms with Gasteiger partial charge in [-0.05, 0) is 5.56 Å². The molecule has 0 aliphatic carbocycles. The Labute approximate surface area is 54.5 Å². The van der Waals surface area contributed by atoms with Crippen LogP contribution in [0.15, 0.2) is 30.3 Å². The van der Waals surface area contributed by atoms with Crippen molar-refractivity contribution in [3.63, 3.8) is 0 Å². The van der Waals surface area contributed by atoms with E-state index in [4.69, 9.17) is 11.5 Å². The zero-order valence-corrected chi connectivity index (χ0v) is 5.04. The van der Waals surface area contributed by atoms with E-state index in [2.05, 4.69) is 0 Å². The van der Waals surface area contributed by atoms with Crippen molar-refractivity contribution in [2.45, 2.75) is 0 Å². The number of hydrogen-bond acceptors (Lipinski definition) is 2. The summed E-state index contributed by atoms with van der Waals surface area (Å²) >= 11 is 0. The highest BCUT2D eigenvalue weighted by molar-refractivity contribution is 5.25. The first-order valence-corrected chi connectivity index (χ1v) is 2.74. The topological polar surface area (TPSA) is 52.0 Å². The molecule has 0 fully saturated rings. The van der Waals surface area contributed by atoms with Gasteiger partial charge in [-0.1, -0.05) is 30.3 Å². The first-order chi connectivity index (χ1) is 4.30. The second kappa shape index (κ2) is 2.62. The lowest BCUT2D eigenvalue weighted by atomic mass is 10.2. The second-order valence-electron chi connectivity index (χ2n) is 1.82. The summed E-state index contributed by atoms with van der Waals surface area (Å²) in [6.45, 7) is 0. The molecule has 1 aromatic rings. The van der Waals surface area contributed by atoms with Crippen LogP contribution in [0, 0.1) is 6.17 Å². The van der Waals surface area contributed by atoms with E-state index in [1.54, 1.807) is 0 Å². The van der Waals surface area contributed by atoms with Gasteiger partial charge in [-0.15, -0.1) is 0 Å². The summed E-state index contributed by atoms with van der Waals surface area (Å²) in [6, 6.07) is 9.46. The summed E-state index contributed by atoms with van der Waals surface area (Å²) in [7, 11) is 0. The molecule has 1 rings (SSSR count). The molecule has 0 heterocycles. The van der Waals surface area contributed by atoms with Crippen LogP contribution in [0.2, 0.25) is 0 Å². The highest BCUT2D eigenvalue weighted by atomic mass is 14.8. The van der Waals surface area contributed by atoms with Gasteiger partial charge in [0.15, 0.2) is 0 Å². The fourth-order valence-corrected chi connectivity index (χ4v) is 0.631. The van der Waals surface area contributed by atoms with E-state index in [0.29, 0.717) is 6.17 Å². The molecule has 0 aliphatic rings. The highest BCUT2D eigenvalue weighted by Gasteiger charge is 1.95. The quantitative estimate of drug-likeness (QED) is 0.566. The van der Waals surface area contributed by atoms with E-state index in [-0.39, 0.29) is 0 Å². The van der Waals surface area contributed by atoms with Crippen molar-refractivity contribution in [1.29, 1.82) is 0 Å². The maximum absolute atomic E-state index is 5.31. The average Bonchev–Trinajstić information content (AvgIpc) is 1.90. The lowest BCUT2D eigenvalue weighted by Gasteiger charge is -2.00. The molecule has 0 unspecified atom stereocenters. The predicted molar refractivity (Wildman–Crippen MR) is 37.2 cm³/mol. The molecule has 0 amide bonds. The van der Waals surface area contributed by atoms with E-state index < -0.39 is 0 Å². The summed E-state index contributed by atoms with van der Waals surface area (Å²) in [4.78, 5) is 0. The van der Waals surface area contributed by atoms with Gasteiger partial charge >= 0.3 is 0 Å². The van der Waals surface area contributed by atoms with Gasteiger partial charge < -0.3 is 11.5 Å².